The van der Waals surface area contributed by atoms with E-state index in [0.29, 0.717) is 17.6 Å². The van der Waals surface area contributed by atoms with Crippen molar-refractivity contribution in [3.05, 3.63) is 146 Å². The zero-order valence-electron chi connectivity index (χ0n) is 24.6. The van der Waals surface area contributed by atoms with E-state index in [2.05, 4.69) is 89.5 Å². The van der Waals surface area contributed by atoms with Crippen molar-refractivity contribution in [2.24, 2.45) is 0 Å². The van der Waals surface area contributed by atoms with Crippen LogP contribution in [0.5, 0.6) is 0 Å². The second-order valence-corrected chi connectivity index (χ2v) is 11.7. The SMILES string of the molecule is c1ccc(-c2nc(-c3ccc4oc5ccccc5c4c3)nc(-n3c4cc5ccccc5cc4c4ccc5ccccc5c43)n2)cc1. The summed E-state index contributed by atoms with van der Waals surface area (Å²) < 4.78 is 8.36. The summed E-state index contributed by atoms with van der Waals surface area (Å²) in [6, 6.07) is 50.4. The molecule has 0 spiro atoms. The van der Waals surface area contributed by atoms with Crippen LogP contribution in [-0.2, 0) is 0 Å². The number of benzene rings is 7. The van der Waals surface area contributed by atoms with E-state index >= 15 is 0 Å². The minimum atomic E-state index is 0.577. The van der Waals surface area contributed by atoms with E-state index in [4.69, 9.17) is 19.4 Å². The highest BCUT2D eigenvalue weighted by Gasteiger charge is 2.20. The average molecular weight is 589 g/mol. The Kier molecular flexibility index (Phi) is 5.22. The molecule has 0 saturated carbocycles. The van der Waals surface area contributed by atoms with Gasteiger partial charge in [0.2, 0.25) is 5.95 Å². The number of rotatable bonds is 3. The van der Waals surface area contributed by atoms with Gasteiger partial charge in [0.15, 0.2) is 11.6 Å². The molecule has 46 heavy (non-hydrogen) atoms. The standard InChI is InChI=1S/C41H24N4O/c1-2-11-26(12-3-1)39-42-40(29-19-21-37-34(23-29)31-16-8-9-17-36(31)46-37)44-41(43-39)45-35-24-28-14-5-4-13-27(28)22-33(35)32-20-18-25-10-6-7-15-30(25)38(32)45/h1-24H. The first-order valence-corrected chi connectivity index (χ1v) is 15.4. The van der Waals surface area contributed by atoms with Gasteiger partial charge in [0, 0.05) is 38.1 Å². The molecule has 0 saturated heterocycles. The van der Waals surface area contributed by atoms with Gasteiger partial charge in [-0.05, 0) is 52.6 Å². The Morgan fingerprint density at radius 3 is 1.93 bits per heavy atom. The molecule has 214 valence electrons. The molecule has 7 aromatic carbocycles. The summed E-state index contributed by atoms with van der Waals surface area (Å²) >= 11 is 0. The smallest absolute Gasteiger partial charge is 0.238 e. The van der Waals surface area contributed by atoms with Crippen molar-refractivity contribution in [2.75, 3.05) is 0 Å². The van der Waals surface area contributed by atoms with E-state index < -0.39 is 0 Å². The Labute approximate surface area is 263 Å². The summed E-state index contributed by atoms with van der Waals surface area (Å²) in [6.45, 7) is 0. The highest BCUT2D eigenvalue weighted by Crippen LogP contribution is 2.39. The molecule has 10 rings (SSSR count). The lowest BCUT2D eigenvalue weighted by molar-refractivity contribution is 0.669. The second kappa shape index (κ2) is 9.58. The number of hydrogen-bond acceptors (Lipinski definition) is 4. The van der Waals surface area contributed by atoms with Crippen LogP contribution in [0.4, 0.5) is 0 Å². The summed E-state index contributed by atoms with van der Waals surface area (Å²) in [6.07, 6.45) is 0. The minimum absolute atomic E-state index is 0.577. The summed E-state index contributed by atoms with van der Waals surface area (Å²) in [5.41, 5.74) is 5.66. The molecular weight excluding hydrogens is 564 g/mol. The zero-order chi connectivity index (χ0) is 30.2. The van der Waals surface area contributed by atoms with E-state index in [9.17, 15) is 0 Å². The van der Waals surface area contributed by atoms with Gasteiger partial charge in [0.1, 0.15) is 11.2 Å². The largest absolute Gasteiger partial charge is 0.456 e. The molecule has 3 aromatic heterocycles. The quantitative estimate of drug-likeness (QED) is 0.206. The van der Waals surface area contributed by atoms with Gasteiger partial charge in [0.25, 0.3) is 0 Å². The van der Waals surface area contributed by atoms with E-state index in [1.807, 2.05) is 60.7 Å². The van der Waals surface area contributed by atoms with E-state index in [-0.39, 0.29) is 0 Å². The average Bonchev–Trinajstić information content (AvgIpc) is 3.66. The Balaban J connectivity index is 1.33. The minimum Gasteiger partial charge on any atom is -0.456 e. The Bertz CT molecular complexity index is 2810. The first-order valence-electron chi connectivity index (χ1n) is 15.4. The fraction of sp³-hybridized carbons (Fsp3) is 0. The molecule has 0 aliphatic heterocycles. The monoisotopic (exact) mass is 588 g/mol. The molecular formula is C41H24N4O. The molecule has 0 amide bonds. The van der Waals surface area contributed by atoms with Gasteiger partial charge in [0.05, 0.1) is 11.0 Å². The third-order valence-electron chi connectivity index (χ3n) is 9.01. The summed E-state index contributed by atoms with van der Waals surface area (Å²) in [5, 5.41) is 9.10. The molecule has 0 radical (unpaired) electrons. The predicted octanol–water partition coefficient (Wildman–Crippen LogP) is 10.5. The third kappa shape index (κ3) is 3.72. The highest BCUT2D eigenvalue weighted by atomic mass is 16.3. The Morgan fingerprint density at radius 1 is 0.413 bits per heavy atom. The number of nitrogens with zero attached hydrogens (tertiary/aromatic N) is 4. The van der Waals surface area contributed by atoms with Gasteiger partial charge >= 0.3 is 0 Å². The van der Waals surface area contributed by atoms with Crippen LogP contribution in [0.2, 0.25) is 0 Å². The van der Waals surface area contributed by atoms with Crippen molar-refractivity contribution < 1.29 is 4.42 Å². The number of aromatic nitrogens is 4. The van der Waals surface area contributed by atoms with E-state index in [1.165, 1.54) is 16.2 Å². The molecule has 5 heteroatoms. The van der Waals surface area contributed by atoms with E-state index in [1.54, 1.807) is 0 Å². The molecule has 3 heterocycles. The van der Waals surface area contributed by atoms with Gasteiger partial charge in [-0.2, -0.15) is 9.97 Å². The lowest BCUT2D eigenvalue weighted by Crippen LogP contribution is -2.06. The highest BCUT2D eigenvalue weighted by molar-refractivity contribution is 6.20. The third-order valence-corrected chi connectivity index (χ3v) is 9.01. The lowest BCUT2D eigenvalue weighted by Gasteiger charge is -2.12. The van der Waals surface area contributed by atoms with Crippen LogP contribution in [-0.4, -0.2) is 19.5 Å². The number of fused-ring (bicyclic) bond motifs is 9. The molecule has 5 nitrogen and oxygen atoms in total. The summed E-state index contributed by atoms with van der Waals surface area (Å²) in [4.78, 5) is 15.5. The second-order valence-electron chi connectivity index (χ2n) is 11.7. The van der Waals surface area contributed by atoms with Gasteiger partial charge in [-0.25, -0.2) is 4.98 Å². The number of para-hydroxylation sites is 1. The molecule has 0 atom stereocenters. The van der Waals surface area contributed by atoms with Crippen molar-refractivity contribution in [2.45, 2.75) is 0 Å². The van der Waals surface area contributed by atoms with Crippen LogP contribution in [0.15, 0.2) is 150 Å². The molecule has 0 aliphatic rings. The number of furan rings is 1. The lowest BCUT2D eigenvalue weighted by atomic mass is 10.0. The van der Waals surface area contributed by atoms with Crippen LogP contribution in [0.1, 0.15) is 0 Å². The van der Waals surface area contributed by atoms with Crippen molar-refractivity contribution in [1.29, 1.82) is 0 Å². The van der Waals surface area contributed by atoms with Crippen molar-refractivity contribution in [3.8, 4) is 28.7 Å². The van der Waals surface area contributed by atoms with Crippen molar-refractivity contribution >= 4 is 65.3 Å². The molecule has 10 aromatic rings. The molecule has 0 aliphatic carbocycles. The zero-order valence-corrected chi connectivity index (χ0v) is 24.6. The summed E-state index contributed by atoms with van der Waals surface area (Å²) in [5.74, 6) is 1.80. The topological polar surface area (TPSA) is 56.7 Å². The first-order chi connectivity index (χ1) is 22.8. The fourth-order valence-corrected chi connectivity index (χ4v) is 6.85. The van der Waals surface area contributed by atoms with E-state index in [0.717, 1.165) is 60.3 Å². The Morgan fingerprint density at radius 2 is 1.09 bits per heavy atom. The Hall–Kier alpha value is -6.33. The van der Waals surface area contributed by atoms with Crippen LogP contribution < -0.4 is 0 Å². The van der Waals surface area contributed by atoms with Crippen LogP contribution in [0.25, 0.3) is 94.0 Å². The normalized spacial score (nSPS) is 11.9. The van der Waals surface area contributed by atoms with Crippen molar-refractivity contribution in [1.82, 2.24) is 19.5 Å². The van der Waals surface area contributed by atoms with Crippen LogP contribution in [0.3, 0.4) is 0 Å². The number of hydrogen-bond donors (Lipinski definition) is 0. The predicted molar refractivity (Wildman–Crippen MR) is 187 cm³/mol. The first kappa shape index (κ1) is 25.0. The van der Waals surface area contributed by atoms with Crippen LogP contribution in [0, 0.1) is 0 Å². The van der Waals surface area contributed by atoms with Gasteiger partial charge in [-0.3, -0.25) is 4.57 Å². The molecule has 0 N–H and O–H groups in total. The maximum atomic E-state index is 6.13. The van der Waals surface area contributed by atoms with Crippen LogP contribution >= 0.6 is 0 Å². The maximum Gasteiger partial charge on any atom is 0.238 e. The molecule has 0 bridgehead atoms. The summed E-state index contributed by atoms with van der Waals surface area (Å²) in [7, 11) is 0. The molecule has 0 fully saturated rings. The van der Waals surface area contributed by atoms with Gasteiger partial charge in [-0.1, -0.05) is 109 Å². The fourth-order valence-electron chi connectivity index (χ4n) is 6.85. The molecule has 0 unspecified atom stereocenters. The maximum absolute atomic E-state index is 6.13. The van der Waals surface area contributed by atoms with Gasteiger partial charge < -0.3 is 4.42 Å². The van der Waals surface area contributed by atoms with Crippen molar-refractivity contribution in [3.63, 3.8) is 0 Å². The van der Waals surface area contributed by atoms with Gasteiger partial charge in [-0.15, -0.1) is 0 Å².